The first kappa shape index (κ1) is 14.5. The summed E-state index contributed by atoms with van der Waals surface area (Å²) in [6.07, 6.45) is 1.02. The van der Waals surface area contributed by atoms with E-state index >= 15 is 0 Å². The Bertz CT molecular complexity index is 681. The van der Waals surface area contributed by atoms with Crippen molar-refractivity contribution in [3.8, 4) is 0 Å². The lowest BCUT2D eigenvalue weighted by Gasteiger charge is -2.32. The summed E-state index contributed by atoms with van der Waals surface area (Å²) in [5.41, 5.74) is 0.907. The number of para-hydroxylation sites is 1. The van der Waals surface area contributed by atoms with Gasteiger partial charge in [-0.1, -0.05) is 55.5 Å². The molecule has 0 heterocycles. The summed E-state index contributed by atoms with van der Waals surface area (Å²) in [7, 11) is 0. The van der Waals surface area contributed by atoms with E-state index in [0.29, 0.717) is 12.8 Å². The van der Waals surface area contributed by atoms with Crippen LogP contribution in [0.2, 0.25) is 0 Å². The molecule has 1 aliphatic carbocycles. The highest BCUT2D eigenvalue weighted by atomic mass is 16.2. The highest BCUT2D eigenvalue weighted by Gasteiger charge is 2.52. The summed E-state index contributed by atoms with van der Waals surface area (Å²) in [4.78, 5) is 25.2. The Morgan fingerprint density at radius 2 is 1.64 bits per heavy atom. The summed E-state index contributed by atoms with van der Waals surface area (Å²) >= 11 is 0. The number of benzene rings is 2. The second kappa shape index (κ2) is 5.76. The fraction of sp³-hybridized carbons (Fsp3) is 0.263. The van der Waals surface area contributed by atoms with Gasteiger partial charge in [0.15, 0.2) is 0 Å². The summed E-state index contributed by atoms with van der Waals surface area (Å²) < 4.78 is 0. The van der Waals surface area contributed by atoms with Gasteiger partial charge in [0, 0.05) is 18.0 Å². The zero-order valence-electron chi connectivity index (χ0n) is 12.6. The molecule has 0 spiro atoms. The predicted molar refractivity (Wildman–Crippen MR) is 86.6 cm³/mol. The van der Waals surface area contributed by atoms with Crippen LogP contribution in [0.15, 0.2) is 60.7 Å². The van der Waals surface area contributed by atoms with Crippen molar-refractivity contribution in [1.82, 2.24) is 0 Å². The van der Waals surface area contributed by atoms with Crippen molar-refractivity contribution >= 4 is 17.4 Å². The number of carbonyl (C=O) groups excluding carboxylic acids is 2. The van der Waals surface area contributed by atoms with Gasteiger partial charge in [0.2, 0.25) is 5.91 Å². The molecule has 1 amide bonds. The third-order valence-corrected chi connectivity index (χ3v) is 4.71. The van der Waals surface area contributed by atoms with Gasteiger partial charge in [0.05, 0.1) is 5.41 Å². The average molecular weight is 293 g/mol. The number of ketones is 1. The maximum atomic E-state index is 13.0. The standard InChI is InChI=1S/C19H19NO2/c1-14-17(21)12-13-19(14,15-8-4-2-5-9-15)18(22)20-16-10-6-3-7-11-16/h2-11,14H,12-13H2,1H3,(H,20,22). The van der Waals surface area contributed by atoms with E-state index in [2.05, 4.69) is 5.32 Å². The molecule has 1 aliphatic rings. The van der Waals surface area contributed by atoms with Gasteiger partial charge >= 0.3 is 0 Å². The Hall–Kier alpha value is -2.42. The second-order valence-electron chi connectivity index (χ2n) is 5.85. The van der Waals surface area contributed by atoms with E-state index in [-0.39, 0.29) is 17.6 Å². The molecule has 3 nitrogen and oxygen atoms in total. The van der Waals surface area contributed by atoms with Crippen molar-refractivity contribution < 1.29 is 9.59 Å². The predicted octanol–water partition coefficient (Wildman–Crippen LogP) is 3.56. The molecule has 0 bridgehead atoms. The Morgan fingerprint density at radius 1 is 1.05 bits per heavy atom. The molecule has 0 aliphatic heterocycles. The van der Waals surface area contributed by atoms with E-state index in [1.807, 2.05) is 67.6 Å². The van der Waals surface area contributed by atoms with E-state index in [4.69, 9.17) is 0 Å². The van der Waals surface area contributed by atoms with E-state index in [1.54, 1.807) is 0 Å². The highest BCUT2D eigenvalue weighted by molar-refractivity contribution is 6.05. The van der Waals surface area contributed by atoms with Gasteiger partial charge in [0.1, 0.15) is 5.78 Å². The number of anilines is 1. The van der Waals surface area contributed by atoms with Crippen molar-refractivity contribution in [2.24, 2.45) is 5.92 Å². The van der Waals surface area contributed by atoms with Crippen LogP contribution in [0.5, 0.6) is 0 Å². The van der Waals surface area contributed by atoms with Gasteiger partial charge in [-0.15, -0.1) is 0 Å². The number of rotatable bonds is 3. The molecule has 1 saturated carbocycles. The first-order valence-corrected chi connectivity index (χ1v) is 7.59. The summed E-state index contributed by atoms with van der Waals surface area (Å²) in [6.45, 7) is 1.87. The minimum absolute atomic E-state index is 0.0942. The zero-order chi connectivity index (χ0) is 15.6. The topological polar surface area (TPSA) is 46.2 Å². The lowest BCUT2D eigenvalue weighted by molar-refractivity contribution is -0.127. The molecule has 0 aromatic heterocycles. The minimum atomic E-state index is -0.770. The maximum absolute atomic E-state index is 13.0. The van der Waals surface area contributed by atoms with Gasteiger partial charge in [-0.25, -0.2) is 0 Å². The molecule has 3 rings (SSSR count). The number of nitrogens with one attached hydrogen (secondary N) is 1. The summed E-state index contributed by atoms with van der Waals surface area (Å²) in [5.74, 6) is -0.242. The molecule has 1 fully saturated rings. The van der Waals surface area contributed by atoms with Gasteiger partial charge < -0.3 is 5.32 Å². The van der Waals surface area contributed by atoms with Gasteiger partial charge in [-0.05, 0) is 24.1 Å². The molecule has 0 radical (unpaired) electrons. The van der Waals surface area contributed by atoms with Crippen molar-refractivity contribution in [2.45, 2.75) is 25.2 Å². The molecule has 2 atom stereocenters. The van der Waals surface area contributed by atoms with E-state index < -0.39 is 5.41 Å². The molecule has 112 valence electrons. The van der Waals surface area contributed by atoms with Crippen LogP contribution in [0.25, 0.3) is 0 Å². The Kier molecular flexibility index (Phi) is 3.80. The van der Waals surface area contributed by atoms with E-state index in [9.17, 15) is 9.59 Å². The number of Topliss-reactive ketones (excluding diaryl/α,β-unsaturated/α-hetero) is 1. The average Bonchev–Trinajstić information content (AvgIpc) is 2.86. The smallest absolute Gasteiger partial charge is 0.235 e. The van der Waals surface area contributed by atoms with Crippen LogP contribution in [0.3, 0.4) is 0 Å². The van der Waals surface area contributed by atoms with Crippen molar-refractivity contribution in [2.75, 3.05) is 5.32 Å². The lowest BCUT2D eigenvalue weighted by Crippen LogP contribution is -2.43. The first-order chi connectivity index (χ1) is 10.6. The van der Waals surface area contributed by atoms with Crippen LogP contribution in [0, 0.1) is 5.92 Å². The second-order valence-corrected chi connectivity index (χ2v) is 5.85. The molecule has 2 aromatic carbocycles. The van der Waals surface area contributed by atoms with Crippen molar-refractivity contribution in [1.29, 1.82) is 0 Å². The monoisotopic (exact) mass is 293 g/mol. The van der Waals surface area contributed by atoms with Crippen LogP contribution < -0.4 is 5.32 Å². The number of hydrogen-bond acceptors (Lipinski definition) is 2. The summed E-state index contributed by atoms with van der Waals surface area (Å²) in [5, 5.41) is 2.98. The van der Waals surface area contributed by atoms with Gasteiger partial charge in [-0.2, -0.15) is 0 Å². The molecule has 2 aromatic rings. The van der Waals surface area contributed by atoms with E-state index in [1.165, 1.54) is 0 Å². The van der Waals surface area contributed by atoms with E-state index in [0.717, 1.165) is 11.3 Å². The van der Waals surface area contributed by atoms with Crippen LogP contribution >= 0.6 is 0 Å². The van der Waals surface area contributed by atoms with Crippen LogP contribution in [-0.4, -0.2) is 11.7 Å². The fourth-order valence-electron chi connectivity index (χ4n) is 3.36. The molecule has 1 N–H and O–H groups in total. The molecular formula is C19H19NO2. The molecule has 0 saturated heterocycles. The molecule has 2 unspecified atom stereocenters. The normalized spacial score (nSPS) is 24.2. The van der Waals surface area contributed by atoms with Crippen LogP contribution in [-0.2, 0) is 15.0 Å². The highest BCUT2D eigenvalue weighted by Crippen LogP contribution is 2.44. The Labute approximate surface area is 130 Å². The first-order valence-electron chi connectivity index (χ1n) is 7.59. The third-order valence-electron chi connectivity index (χ3n) is 4.71. The summed E-state index contributed by atoms with van der Waals surface area (Å²) in [6, 6.07) is 19.0. The van der Waals surface area contributed by atoms with Crippen molar-refractivity contribution in [3.63, 3.8) is 0 Å². The Balaban J connectivity index is 2.00. The number of carbonyl (C=O) groups is 2. The van der Waals surface area contributed by atoms with Crippen molar-refractivity contribution in [3.05, 3.63) is 66.2 Å². The zero-order valence-corrected chi connectivity index (χ0v) is 12.6. The minimum Gasteiger partial charge on any atom is -0.325 e. The maximum Gasteiger partial charge on any atom is 0.235 e. The third kappa shape index (κ3) is 2.33. The number of amides is 1. The fourth-order valence-corrected chi connectivity index (χ4v) is 3.36. The largest absolute Gasteiger partial charge is 0.325 e. The number of hydrogen-bond donors (Lipinski definition) is 1. The van der Waals surface area contributed by atoms with Gasteiger partial charge in [0.25, 0.3) is 0 Å². The Morgan fingerprint density at radius 3 is 2.18 bits per heavy atom. The molecule has 3 heteroatoms. The molecular weight excluding hydrogens is 274 g/mol. The van der Waals surface area contributed by atoms with Crippen LogP contribution in [0.1, 0.15) is 25.3 Å². The van der Waals surface area contributed by atoms with Crippen LogP contribution in [0.4, 0.5) is 5.69 Å². The van der Waals surface area contributed by atoms with Gasteiger partial charge in [-0.3, -0.25) is 9.59 Å². The molecule has 22 heavy (non-hydrogen) atoms. The SMILES string of the molecule is CC1C(=O)CCC1(C(=O)Nc1ccccc1)c1ccccc1. The lowest BCUT2D eigenvalue weighted by atomic mass is 9.72. The quantitative estimate of drug-likeness (QED) is 0.940.